The summed E-state index contributed by atoms with van der Waals surface area (Å²) >= 11 is 3.20. The van der Waals surface area contributed by atoms with Gasteiger partial charge in [0.05, 0.1) is 22.6 Å². The summed E-state index contributed by atoms with van der Waals surface area (Å²) in [5.74, 6) is 0.386. The highest BCUT2D eigenvalue weighted by Gasteiger charge is 2.16. The molecule has 0 radical (unpaired) electrons. The van der Waals surface area contributed by atoms with Crippen LogP contribution in [0.15, 0.2) is 44.2 Å². The Hall–Kier alpha value is -2.35. The molecule has 0 bridgehead atoms. The maximum Gasteiger partial charge on any atom is 0.294 e. The molecule has 0 saturated heterocycles. The van der Waals surface area contributed by atoms with Gasteiger partial charge in [-0.3, -0.25) is 15.2 Å². The number of nitrogens with one attached hydrogen (secondary N) is 2. The largest absolute Gasteiger partial charge is 0.472 e. The van der Waals surface area contributed by atoms with Gasteiger partial charge >= 0.3 is 0 Å². The minimum absolute atomic E-state index is 0.157. The topological polar surface area (TPSA) is 97.0 Å². The molecule has 0 aliphatic rings. The zero-order chi connectivity index (χ0) is 13.2. The average molecular weight is 323 g/mol. The van der Waals surface area contributed by atoms with Crippen molar-refractivity contribution in [3.05, 3.63) is 41.2 Å². The van der Waals surface area contributed by atoms with Crippen molar-refractivity contribution in [2.45, 2.75) is 0 Å². The summed E-state index contributed by atoms with van der Waals surface area (Å²) in [5.41, 5.74) is 0.743. The standard InChI is InChI=1S/C11H7BrN4O3/c12-7-2-4-19-8(7)10(17)14-11-13-9(15-16-11)6-1-3-18-5-6/h1-5H,(H2,13,14,15,16,17). The third-order valence-electron chi connectivity index (χ3n) is 2.33. The molecular weight excluding hydrogens is 316 g/mol. The van der Waals surface area contributed by atoms with Gasteiger partial charge in [-0.25, -0.2) is 0 Å². The lowest BCUT2D eigenvalue weighted by Gasteiger charge is -1.97. The monoisotopic (exact) mass is 322 g/mol. The summed E-state index contributed by atoms with van der Waals surface area (Å²) < 4.78 is 10.5. The first kappa shape index (κ1) is 11.7. The van der Waals surface area contributed by atoms with Crippen LogP contribution in [0.25, 0.3) is 11.4 Å². The number of amides is 1. The molecule has 7 nitrogen and oxygen atoms in total. The first-order chi connectivity index (χ1) is 9.24. The second-order valence-corrected chi connectivity index (χ2v) is 4.43. The fourth-order valence-corrected chi connectivity index (χ4v) is 1.84. The van der Waals surface area contributed by atoms with Gasteiger partial charge in [0.2, 0.25) is 11.7 Å². The normalized spacial score (nSPS) is 10.6. The van der Waals surface area contributed by atoms with E-state index in [2.05, 4.69) is 36.4 Å². The van der Waals surface area contributed by atoms with Gasteiger partial charge < -0.3 is 8.83 Å². The molecule has 0 atom stereocenters. The number of hydrogen-bond donors (Lipinski definition) is 2. The first-order valence-corrected chi connectivity index (χ1v) is 6.02. The Morgan fingerprint density at radius 2 is 2.26 bits per heavy atom. The molecule has 3 heterocycles. The van der Waals surface area contributed by atoms with Crippen LogP contribution >= 0.6 is 15.9 Å². The van der Waals surface area contributed by atoms with E-state index in [1.807, 2.05) is 0 Å². The van der Waals surface area contributed by atoms with E-state index in [4.69, 9.17) is 8.83 Å². The third-order valence-corrected chi connectivity index (χ3v) is 2.95. The number of nitrogens with zero attached hydrogens (tertiary/aromatic N) is 2. The smallest absolute Gasteiger partial charge is 0.294 e. The number of aromatic amines is 1. The Morgan fingerprint density at radius 3 is 2.95 bits per heavy atom. The van der Waals surface area contributed by atoms with Gasteiger partial charge in [-0.2, -0.15) is 4.98 Å². The van der Waals surface area contributed by atoms with E-state index in [0.29, 0.717) is 10.3 Å². The van der Waals surface area contributed by atoms with E-state index in [0.717, 1.165) is 5.56 Å². The van der Waals surface area contributed by atoms with Crippen LogP contribution in [0.1, 0.15) is 10.6 Å². The van der Waals surface area contributed by atoms with Gasteiger partial charge in [-0.15, -0.1) is 5.10 Å². The molecule has 2 N–H and O–H groups in total. The lowest BCUT2D eigenvalue weighted by molar-refractivity contribution is 0.0995. The lowest BCUT2D eigenvalue weighted by atomic mass is 10.3. The Morgan fingerprint density at radius 1 is 1.37 bits per heavy atom. The van der Waals surface area contributed by atoms with Gasteiger partial charge in [-0.1, -0.05) is 0 Å². The van der Waals surface area contributed by atoms with Crippen LogP contribution in [-0.2, 0) is 0 Å². The number of halogens is 1. The summed E-state index contributed by atoms with van der Waals surface area (Å²) in [6.07, 6.45) is 4.46. The average Bonchev–Trinajstić information content (AvgIpc) is 3.07. The lowest BCUT2D eigenvalue weighted by Crippen LogP contribution is -2.12. The van der Waals surface area contributed by atoms with Crippen LogP contribution in [0.5, 0.6) is 0 Å². The third kappa shape index (κ3) is 2.29. The summed E-state index contributed by atoms with van der Waals surface area (Å²) in [6.45, 7) is 0. The Bertz CT molecular complexity index is 701. The summed E-state index contributed by atoms with van der Waals surface area (Å²) in [7, 11) is 0. The zero-order valence-corrected chi connectivity index (χ0v) is 11.0. The Kier molecular flexibility index (Phi) is 2.92. The van der Waals surface area contributed by atoms with E-state index in [1.165, 1.54) is 18.8 Å². The van der Waals surface area contributed by atoms with E-state index < -0.39 is 5.91 Å². The highest BCUT2D eigenvalue weighted by atomic mass is 79.9. The number of hydrogen-bond acceptors (Lipinski definition) is 5. The van der Waals surface area contributed by atoms with E-state index in [9.17, 15) is 4.79 Å². The van der Waals surface area contributed by atoms with Crippen molar-refractivity contribution in [2.75, 3.05) is 5.32 Å². The first-order valence-electron chi connectivity index (χ1n) is 5.23. The molecule has 0 fully saturated rings. The van der Waals surface area contributed by atoms with Crippen molar-refractivity contribution in [2.24, 2.45) is 0 Å². The zero-order valence-electron chi connectivity index (χ0n) is 9.38. The van der Waals surface area contributed by atoms with Gasteiger partial charge in [0.25, 0.3) is 5.91 Å². The molecular formula is C11H7BrN4O3. The maximum atomic E-state index is 11.8. The van der Waals surface area contributed by atoms with Crippen LogP contribution in [0.2, 0.25) is 0 Å². The number of carbonyl (C=O) groups excluding carboxylic acids is 1. The van der Waals surface area contributed by atoms with E-state index in [-0.39, 0.29) is 11.7 Å². The Balaban J connectivity index is 1.78. The minimum Gasteiger partial charge on any atom is -0.472 e. The quantitative estimate of drug-likeness (QED) is 0.772. The molecule has 0 aromatic carbocycles. The number of H-pyrrole nitrogens is 1. The maximum absolute atomic E-state index is 11.8. The Labute approximate surface area is 115 Å². The van der Waals surface area contributed by atoms with Gasteiger partial charge in [0.15, 0.2) is 5.82 Å². The molecule has 3 aromatic rings. The number of aromatic nitrogens is 3. The van der Waals surface area contributed by atoms with Crippen molar-refractivity contribution in [3.63, 3.8) is 0 Å². The van der Waals surface area contributed by atoms with Crippen LogP contribution in [0.3, 0.4) is 0 Å². The van der Waals surface area contributed by atoms with Crippen molar-refractivity contribution in [1.82, 2.24) is 15.2 Å². The highest BCUT2D eigenvalue weighted by molar-refractivity contribution is 9.10. The van der Waals surface area contributed by atoms with Crippen LogP contribution < -0.4 is 5.32 Å². The molecule has 0 saturated carbocycles. The number of furan rings is 2. The number of carbonyl (C=O) groups is 1. The fourth-order valence-electron chi connectivity index (χ4n) is 1.46. The van der Waals surface area contributed by atoms with Crippen molar-refractivity contribution < 1.29 is 13.6 Å². The van der Waals surface area contributed by atoms with Gasteiger partial charge in [0.1, 0.15) is 6.26 Å². The molecule has 0 spiro atoms. The molecule has 8 heteroatoms. The highest BCUT2D eigenvalue weighted by Crippen LogP contribution is 2.19. The van der Waals surface area contributed by atoms with Crippen molar-refractivity contribution in [3.8, 4) is 11.4 Å². The molecule has 19 heavy (non-hydrogen) atoms. The molecule has 3 aromatic heterocycles. The van der Waals surface area contributed by atoms with E-state index in [1.54, 1.807) is 12.1 Å². The van der Waals surface area contributed by atoms with Gasteiger partial charge in [0, 0.05) is 0 Å². The van der Waals surface area contributed by atoms with Crippen molar-refractivity contribution in [1.29, 1.82) is 0 Å². The second kappa shape index (κ2) is 4.73. The molecule has 1 amide bonds. The molecule has 0 unspecified atom stereocenters. The van der Waals surface area contributed by atoms with Crippen LogP contribution in [0, 0.1) is 0 Å². The summed E-state index contributed by atoms with van der Waals surface area (Å²) in [6, 6.07) is 3.36. The van der Waals surface area contributed by atoms with Crippen LogP contribution in [-0.4, -0.2) is 21.1 Å². The van der Waals surface area contributed by atoms with Gasteiger partial charge in [-0.05, 0) is 28.1 Å². The van der Waals surface area contributed by atoms with Crippen molar-refractivity contribution >= 4 is 27.8 Å². The predicted octanol–water partition coefficient (Wildman–Crippen LogP) is 2.67. The summed E-state index contributed by atoms with van der Waals surface area (Å²) in [5, 5.41) is 9.10. The fraction of sp³-hybridized carbons (Fsp3) is 0. The number of anilines is 1. The SMILES string of the molecule is O=C(Nc1n[nH]c(-c2ccoc2)n1)c1occc1Br. The molecule has 96 valence electrons. The molecule has 0 aliphatic heterocycles. The predicted molar refractivity (Wildman–Crippen MR) is 68.4 cm³/mol. The van der Waals surface area contributed by atoms with E-state index >= 15 is 0 Å². The minimum atomic E-state index is -0.436. The number of rotatable bonds is 3. The summed E-state index contributed by atoms with van der Waals surface area (Å²) in [4.78, 5) is 16.0. The second-order valence-electron chi connectivity index (χ2n) is 3.57. The molecule has 0 aliphatic carbocycles. The van der Waals surface area contributed by atoms with Crippen LogP contribution in [0.4, 0.5) is 5.95 Å². The molecule has 3 rings (SSSR count).